The molecule has 1 fully saturated rings. The highest BCUT2D eigenvalue weighted by atomic mass is 32.2. The summed E-state index contributed by atoms with van der Waals surface area (Å²) in [6.07, 6.45) is 3.82. The van der Waals surface area contributed by atoms with Crippen molar-refractivity contribution in [2.75, 3.05) is 20.3 Å². The standard InChI is InChI=1S/C24H26N2O5S/c1-4-6-13-31-19-12-7-16(14-20(19)30-5-2)15-21-22(27)26(3)24(32-21)25-18-10-8-17(9-11-18)23(28)29/h7-12,14-15H,4-6,13H2,1-3H3,(H,28,29)/b21-15+,25-24?. The Kier molecular flexibility index (Phi) is 7.94. The predicted octanol–water partition coefficient (Wildman–Crippen LogP) is 5.20. The number of nitrogens with zero attached hydrogens (tertiary/aromatic N) is 2. The molecule has 1 heterocycles. The van der Waals surface area contributed by atoms with Crippen molar-refractivity contribution in [1.29, 1.82) is 0 Å². The van der Waals surface area contributed by atoms with E-state index in [1.165, 1.54) is 28.8 Å². The second kappa shape index (κ2) is 10.9. The zero-order chi connectivity index (χ0) is 23.1. The van der Waals surface area contributed by atoms with Crippen LogP contribution in [0.2, 0.25) is 0 Å². The quantitative estimate of drug-likeness (QED) is 0.414. The second-order valence-electron chi connectivity index (χ2n) is 7.06. The molecule has 0 aliphatic carbocycles. The van der Waals surface area contributed by atoms with Gasteiger partial charge in [0.1, 0.15) is 0 Å². The number of carbonyl (C=O) groups is 2. The van der Waals surface area contributed by atoms with E-state index in [0.717, 1.165) is 18.4 Å². The fraction of sp³-hybridized carbons (Fsp3) is 0.292. The minimum atomic E-state index is -0.995. The molecule has 32 heavy (non-hydrogen) atoms. The lowest BCUT2D eigenvalue weighted by Crippen LogP contribution is -2.23. The SMILES string of the molecule is CCCCOc1ccc(/C=C2/SC(=Nc3ccc(C(=O)O)cc3)N(C)C2=O)cc1OCC. The number of rotatable bonds is 9. The van der Waals surface area contributed by atoms with Crippen LogP contribution in [0.3, 0.4) is 0 Å². The van der Waals surface area contributed by atoms with Crippen LogP contribution in [0.5, 0.6) is 11.5 Å². The van der Waals surface area contributed by atoms with Crippen molar-refractivity contribution in [2.24, 2.45) is 4.99 Å². The monoisotopic (exact) mass is 454 g/mol. The minimum absolute atomic E-state index is 0.155. The first-order valence-electron chi connectivity index (χ1n) is 10.4. The van der Waals surface area contributed by atoms with E-state index >= 15 is 0 Å². The number of hydrogen-bond donors (Lipinski definition) is 1. The normalized spacial score (nSPS) is 16.1. The summed E-state index contributed by atoms with van der Waals surface area (Å²) in [5, 5.41) is 9.54. The van der Waals surface area contributed by atoms with Crippen molar-refractivity contribution in [3.05, 3.63) is 58.5 Å². The molecule has 0 spiro atoms. The van der Waals surface area contributed by atoms with Crippen molar-refractivity contribution in [3.8, 4) is 11.5 Å². The summed E-state index contributed by atoms with van der Waals surface area (Å²) in [5.41, 5.74) is 1.59. The minimum Gasteiger partial charge on any atom is -0.490 e. The second-order valence-corrected chi connectivity index (χ2v) is 8.07. The van der Waals surface area contributed by atoms with Gasteiger partial charge < -0.3 is 14.6 Å². The summed E-state index contributed by atoms with van der Waals surface area (Å²) in [6, 6.07) is 11.8. The van der Waals surface area contributed by atoms with Gasteiger partial charge in [-0.2, -0.15) is 0 Å². The lowest BCUT2D eigenvalue weighted by Gasteiger charge is -2.12. The van der Waals surface area contributed by atoms with Gasteiger partial charge in [-0.15, -0.1) is 0 Å². The molecule has 0 unspecified atom stereocenters. The number of carboxylic acids is 1. The highest BCUT2D eigenvalue weighted by molar-refractivity contribution is 8.18. The fourth-order valence-corrected chi connectivity index (χ4v) is 3.91. The number of ether oxygens (including phenoxy) is 2. The molecule has 2 aromatic carbocycles. The van der Waals surface area contributed by atoms with Gasteiger partial charge in [0.05, 0.1) is 29.4 Å². The molecule has 0 aromatic heterocycles. The van der Waals surface area contributed by atoms with Crippen molar-refractivity contribution in [3.63, 3.8) is 0 Å². The van der Waals surface area contributed by atoms with Crippen LogP contribution in [-0.4, -0.2) is 47.3 Å². The number of carboxylic acid groups (broad SMARTS) is 1. The summed E-state index contributed by atoms with van der Waals surface area (Å²) >= 11 is 1.27. The van der Waals surface area contributed by atoms with Gasteiger partial charge in [0, 0.05) is 7.05 Å². The number of aliphatic imine (C=N–C) groups is 1. The van der Waals surface area contributed by atoms with Crippen molar-refractivity contribution >= 4 is 40.6 Å². The van der Waals surface area contributed by atoms with Crippen LogP contribution in [0.4, 0.5) is 5.69 Å². The predicted molar refractivity (Wildman–Crippen MR) is 127 cm³/mol. The maximum absolute atomic E-state index is 12.7. The molecule has 0 atom stereocenters. The number of benzene rings is 2. The third kappa shape index (κ3) is 5.70. The zero-order valence-corrected chi connectivity index (χ0v) is 19.1. The molecular weight excluding hydrogens is 428 g/mol. The lowest BCUT2D eigenvalue weighted by molar-refractivity contribution is -0.121. The number of carbonyl (C=O) groups excluding carboxylic acids is 1. The van der Waals surface area contributed by atoms with E-state index < -0.39 is 5.97 Å². The van der Waals surface area contributed by atoms with E-state index in [1.807, 2.05) is 25.1 Å². The first-order chi connectivity index (χ1) is 15.4. The first kappa shape index (κ1) is 23.4. The Balaban J connectivity index is 1.81. The third-order valence-electron chi connectivity index (χ3n) is 4.66. The summed E-state index contributed by atoms with van der Waals surface area (Å²) < 4.78 is 11.5. The highest BCUT2D eigenvalue weighted by Gasteiger charge is 2.30. The van der Waals surface area contributed by atoms with Crippen LogP contribution in [0.15, 0.2) is 52.4 Å². The van der Waals surface area contributed by atoms with Crippen LogP contribution in [0, 0.1) is 0 Å². The number of thioether (sulfide) groups is 1. The summed E-state index contributed by atoms with van der Waals surface area (Å²) in [7, 11) is 1.66. The van der Waals surface area contributed by atoms with E-state index in [-0.39, 0.29) is 11.5 Å². The number of amidine groups is 1. The molecule has 0 bridgehead atoms. The molecule has 7 nitrogen and oxygen atoms in total. The van der Waals surface area contributed by atoms with Crippen LogP contribution >= 0.6 is 11.8 Å². The van der Waals surface area contributed by atoms with Gasteiger partial charge in [-0.1, -0.05) is 19.4 Å². The Morgan fingerprint density at radius 3 is 2.53 bits per heavy atom. The van der Waals surface area contributed by atoms with E-state index in [2.05, 4.69) is 11.9 Å². The summed E-state index contributed by atoms with van der Waals surface area (Å²) in [5.74, 6) is 0.188. The number of hydrogen-bond acceptors (Lipinski definition) is 6. The van der Waals surface area contributed by atoms with E-state index in [4.69, 9.17) is 14.6 Å². The molecule has 168 valence electrons. The Morgan fingerprint density at radius 1 is 1.12 bits per heavy atom. The smallest absolute Gasteiger partial charge is 0.335 e. The highest BCUT2D eigenvalue weighted by Crippen LogP contribution is 2.35. The van der Waals surface area contributed by atoms with Gasteiger partial charge >= 0.3 is 5.97 Å². The van der Waals surface area contributed by atoms with Gasteiger partial charge in [-0.25, -0.2) is 9.79 Å². The maximum atomic E-state index is 12.7. The van der Waals surface area contributed by atoms with Crippen molar-refractivity contribution in [2.45, 2.75) is 26.7 Å². The Hall–Kier alpha value is -3.26. The molecule has 0 saturated carbocycles. The average molecular weight is 455 g/mol. The topological polar surface area (TPSA) is 88.4 Å². The third-order valence-corrected chi connectivity index (χ3v) is 5.72. The van der Waals surface area contributed by atoms with Crippen LogP contribution < -0.4 is 9.47 Å². The Bertz CT molecular complexity index is 1050. The Labute approximate surface area is 191 Å². The van der Waals surface area contributed by atoms with E-state index in [1.54, 1.807) is 25.3 Å². The Morgan fingerprint density at radius 2 is 1.88 bits per heavy atom. The van der Waals surface area contributed by atoms with Crippen molar-refractivity contribution in [1.82, 2.24) is 4.90 Å². The van der Waals surface area contributed by atoms with Crippen LogP contribution in [0.25, 0.3) is 6.08 Å². The molecule has 1 amide bonds. The van der Waals surface area contributed by atoms with Gasteiger partial charge in [0.2, 0.25) is 0 Å². The maximum Gasteiger partial charge on any atom is 0.335 e. The van der Waals surface area contributed by atoms with Crippen molar-refractivity contribution < 1.29 is 24.2 Å². The van der Waals surface area contributed by atoms with Crippen LogP contribution in [-0.2, 0) is 4.79 Å². The summed E-state index contributed by atoms with van der Waals surface area (Å²) in [4.78, 5) is 30.2. The first-order valence-corrected chi connectivity index (χ1v) is 11.2. The average Bonchev–Trinajstić information content (AvgIpc) is 3.03. The number of unbranched alkanes of at least 4 members (excludes halogenated alkanes) is 1. The molecule has 1 aliphatic heterocycles. The van der Waals surface area contributed by atoms with E-state index in [9.17, 15) is 9.59 Å². The van der Waals surface area contributed by atoms with Gasteiger partial charge in [-0.05, 0) is 73.1 Å². The molecule has 2 aromatic rings. The van der Waals surface area contributed by atoms with Gasteiger partial charge in [0.15, 0.2) is 16.7 Å². The number of likely N-dealkylation sites (N-methyl/N-ethyl adjacent to an activating group) is 1. The molecule has 1 saturated heterocycles. The zero-order valence-electron chi connectivity index (χ0n) is 18.3. The molecular formula is C24H26N2O5S. The van der Waals surface area contributed by atoms with Crippen LogP contribution in [0.1, 0.15) is 42.6 Å². The molecule has 1 aliphatic rings. The fourth-order valence-electron chi connectivity index (χ4n) is 2.92. The van der Waals surface area contributed by atoms with E-state index in [0.29, 0.717) is 40.5 Å². The molecule has 3 rings (SSSR count). The summed E-state index contributed by atoms with van der Waals surface area (Å²) in [6.45, 7) is 5.16. The number of aromatic carboxylic acids is 1. The molecule has 1 N–H and O–H groups in total. The lowest BCUT2D eigenvalue weighted by atomic mass is 10.2. The number of amides is 1. The largest absolute Gasteiger partial charge is 0.490 e. The van der Waals surface area contributed by atoms with Gasteiger partial charge in [0.25, 0.3) is 5.91 Å². The van der Waals surface area contributed by atoms with Gasteiger partial charge in [-0.3, -0.25) is 9.69 Å². The molecule has 8 heteroatoms. The molecule has 0 radical (unpaired) electrons.